The van der Waals surface area contributed by atoms with Crippen molar-refractivity contribution >= 4 is 5.96 Å². The van der Waals surface area contributed by atoms with Crippen LogP contribution in [-0.4, -0.2) is 42.0 Å². The highest BCUT2D eigenvalue weighted by Crippen LogP contribution is 2.16. The number of benzene rings is 1. The van der Waals surface area contributed by atoms with E-state index < -0.39 is 12.8 Å². The lowest BCUT2D eigenvalue weighted by Crippen LogP contribution is -2.37. The minimum atomic E-state index is -4.31. The van der Waals surface area contributed by atoms with Gasteiger partial charge in [-0.1, -0.05) is 43.3 Å². The molecule has 31 heavy (non-hydrogen) atoms. The third-order valence-corrected chi connectivity index (χ3v) is 4.18. The Morgan fingerprint density at radius 3 is 2.48 bits per heavy atom. The molecule has 0 unspecified atom stereocenters. The summed E-state index contributed by atoms with van der Waals surface area (Å²) in [6.45, 7) is 6.56. The Balaban J connectivity index is 1.76. The summed E-state index contributed by atoms with van der Waals surface area (Å²) in [5, 5.41) is 10.4. The van der Waals surface area contributed by atoms with E-state index in [1.807, 2.05) is 32.9 Å². The van der Waals surface area contributed by atoms with E-state index in [1.165, 1.54) is 0 Å². The number of ether oxygens (including phenoxy) is 1. The van der Waals surface area contributed by atoms with Crippen LogP contribution in [0.4, 0.5) is 13.2 Å². The third-order valence-electron chi connectivity index (χ3n) is 4.18. The summed E-state index contributed by atoms with van der Waals surface area (Å²) < 4.78 is 46.3. The topological polar surface area (TPSA) is 84.6 Å². The van der Waals surface area contributed by atoms with Crippen LogP contribution in [0.5, 0.6) is 0 Å². The monoisotopic (exact) mass is 441 g/mol. The molecular weight excluding hydrogens is 411 g/mol. The smallest absolute Gasteiger partial charge is 0.367 e. The fourth-order valence-corrected chi connectivity index (χ4v) is 2.59. The van der Waals surface area contributed by atoms with E-state index in [0.717, 1.165) is 24.4 Å². The molecule has 7 nitrogen and oxygen atoms in total. The van der Waals surface area contributed by atoms with Crippen LogP contribution in [0.1, 0.15) is 56.0 Å². The van der Waals surface area contributed by atoms with E-state index in [1.54, 1.807) is 12.1 Å². The van der Waals surface area contributed by atoms with Gasteiger partial charge >= 0.3 is 6.18 Å². The van der Waals surface area contributed by atoms with Gasteiger partial charge in [-0.3, -0.25) is 0 Å². The number of aromatic nitrogens is 2. The molecule has 0 aliphatic carbocycles. The van der Waals surface area contributed by atoms with Gasteiger partial charge in [0.05, 0.1) is 13.2 Å². The first-order valence-electron chi connectivity index (χ1n) is 10.3. The van der Waals surface area contributed by atoms with Crippen molar-refractivity contribution in [1.82, 2.24) is 20.8 Å². The standard InChI is InChI=1S/C21H30F3N5O2/c1-4-25-20(26-11-5-6-18-28-19(15(2)3)29-31-18)27-12-16-7-9-17(10-8-16)13-30-14-21(22,23)24/h7-10,15H,4-6,11-14H2,1-3H3,(H2,25,26,27). The number of guanidine groups is 1. The van der Waals surface area contributed by atoms with E-state index in [4.69, 9.17) is 4.52 Å². The van der Waals surface area contributed by atoms with Crippen molar-refractivity contribution < 1.29 is 22.4 Å². The van der Waals surface area contributed by atoms with Crippen molar-refractivity contribution in [1.29, 1.82) is 0 Å². The Kier molecular flexibility index (Phi) is 9.77. The van der Waals surface area contributed by atoms with Gasteiger partial charge in [0, 0.05) is 25.4 Å². The SMILES string of the molecule is CCNC(=NCc1ccc(COCC(F)(F)F)cc1)NCCCc1nc(C(C)C)no1. The van der Waals surface area contributed by atoms with Crippen LogP contribution in [0.3, 0.4) is 0 Å². The minimum Gasteiger partial charge on any atom is -0.367 e. The van der Waals surface area contributed by atoms with Crippen LogP contribution in [0.2, 0.25) is 0 Å². The molecule has 0 saturated carbocycles. The molecule has 0 amide bonds. The zero-order valence-electron chi connectivity index (χ0n) is 18.1. The van der Waals surface area contributed by atoms with Gasteiger partial charge in [0.15, 0.2) is 11.8 Å². The van der Waals surface area contributed by atoms with Gasteiger partial charge in [-0.15, -0.1) is 0 Å². The molecular formula is C21H30F3N5O2. The van der Waals surface area contributed by atoms with Crippen LogP contribution in [-0.2, 0) is 24.3 Å². The molecule has 2 rings (SSSR count). The van der Waals surface area contributed by atoms with Crippen LogP contribution in [0.15, 0.2) is 33.8 Å². The number of hydrogen-bond donors (Lipinski definition) is 2. The molecule has 0 radical (unpaired) electrons. The molecule has 10 heteroatoms. The second kappa shape index (κ2) is 12.3. The lowest BCUT2D eigenvalue weighted by atomic mass is 10.1. The summed E-state index contributed by atoms with van der Waals surface area (Å²) >= 11 is 0. The highest BCUT2D eigenvalue weighted by atomic mass is 19.4. The molecule has 2 aromatic rings. The van der Waals surface area contributed by atoms with E-state index in [2.05, 4.69) is 30.5 Å². The molecule has 0 aliphatic rings. The van der Waals surface area contributed by atoms with E-state index in [0.29, 0.717) is 36.9 Å². The molecule has 1 heterocycles. The number of nitrogens with zero attached hydrogens (tertiary/aromatic N) is 3. The molecule has 0 bridgehead atoms. The normalized spacial score (nSPS) is 12.4. The van der Waals surface area contributed by atoms with Gasteiger partial charge in [-0.05, 0) is 24.5 Å². The maximum atomic E-state index is 12.1. The number of rotatable bonds is 11. The van der Waals surface area contributed by atoms with Crippen molar-refractivity contribution in [3.8, 4) is 0 Å². The second-order valence-corrected chi connectivity index (χ2v) is 7.35. The molecule has 0 atom stereocenters. The second-order valence-electron chi connectivity index (χ2n) is 7.35. The lowest BCUT2D eigenvalue weighted by molar-refractivity contribution is -0.176. The summed E-state index contributed by atoms with van der Waals surface area (Å²) in [6.07, 6.45) is -2.81. The van der Waals surface area contributed by atoms with Gasteiger partial charge in [0.2, 0.25) is 5.89 Å². The predicted octanol–water partition coefficient (Wildman–Crippen LogP) is 3.96. The van der Waals surface area contributed by atoms with Crippen molar-refractivity contribution in [2.75, 3.05) is 19.7 Å². The quantitative estimate of drug-likeness (QED) is 0.312. The Hall–Kier alpha value is -2.62. The molecule has 1 aromatic carbocycles. The highest BCUT2D eigenvalue weighted by molar-refractivity contribution is 5.79. The van der Waals surface area contributed by atoms with Crippen molar-refractivity contribution in [2.24, 2.45) is 4.99 Å². The molecule has 172 valence electrons. The zero-order valence-corrected chi connectivity index (χ0v) is 18.1. The summed E-state index contributed by atoms with van der Waals surface area (Å²) in [7, 11) is 0. The average Bonchev–Trinajstić information content (AvgIpc) is 3.19. The van der Waals surface area contributed by atoms with Gasteiger partial charge in [0.1, 0.15) is 6.61 Å². The third kappa shape index (κ3) is 9.82. The van der Waals surface area contributed by atoms with Crippen LogP contribution < -0.4 is 10.6 Å². The summed E-state index contributed by atoms with van der Waals surface area (Å²) in [4.78, 5) is 8.90. The number of aliphatic imine (C=N–C) groups is 1. The fourth-order valence-electron chi connectivity index (χ4n) is 2.59. The number of halogens is 3. The van der Waals surface area contributed by atoms with Gasteiger partial charge < -0.3 is 19.9 Å². The lowest BCUT2D eigenvalue weighted by Gasteiger charge is -2.11. The summed E-state index contributed by atoms with van der Waals surface area (Å²) in [6, 6.07) is 7.16. The Morgan fingerprint density at radius 1 is 1.16 bits per heavy atom. The fraction of sp³-hybridized carbons (Fsp3) is 0.571. The van der Waals surface area contributed by atoms with Crippen LogP contribution >= 0.6 is 0 Å². The Labute approximate surface area is 180 Å². The van der Waals surface area contributed by atoms with E-state index in [-0.39, 0.29) is 12.5 Å². The van der Waals surface area contributed by atoms with Crippen molar-refractivity contribution in [2.45, 2.75) is 58.9 Å². The van der Waals surface area contributed by atoms with Gasteiger partial charge in [-0.25, -0.2) is 4.99 Å². The number of nitrogens with one attached hydrogen (secondary N) is 2. The Bertz CT molecular complexity index is 804. The van der Waals surface area contributed by atoms with Crippen molar-refractivity contribution in [3.63, 3.8) is 0 Å². The van der Waals surface area contributed by atoms with Gasteiger partial charge in [0.25, 0.3) is 0 Å². The first kappa shape index (κ1) is 24.6. The molecule has 0 saturated heterocycles. The average molecular weight is 441 g/mol. The number of hydrogen-bond acceptors (Lipinski definition) is 5. The summed E-state index contributed by atoms with van der Waals surface area (Å²) in [5.41, 5.74) is 1.63. The Morgan fingerprint density at radius 2 is 1.87 bits per heavy atom. The first-order valence-corrected chi connectivity index (χ1v) is 10.3. The number of alkyl halides is 3. The van der Waals surface area contributed by atoms with E-state index in [9.17, 15) is 13.2 Å². The molecule has 0 aliphatic heterocycles. The minimum absolute atomic E-state index is 0.0774. The first-order chi connectivity index (χ1) is 14.8. The highest BCUT2D eigenvalue weighted by Gasteiger charge is 2.27. The largest absolute Gasteiger partial charge is 0.411 e. The molecule has 0 spiro atoms. The van der Waals surface area contributed by atoms with E-state index >= 15 is 0 Å². The molecule has 1 aromatic heterocycles. The maximum absolute atomic E-state index is 12.1. The van der Waals surface area contributed by atoms with Gasteiger partial charge in [-0.2, -0.15) is 18.2 Å². The predicted molar refractivity (Wildman–Crippen MR) is 112 cm³/mol. The molecule has 0 fully saturated rings. The van der Waals surface area contributed by atoms with Crippen LogP contribution in [0, 0.1) is 0 Å². The summed E-state index contributed by atoms with van der Waals surface area (Å²) in [5.74, 6) is 2.28. The zero-order chi connectivity index (χ0) is 22.7. The number of aryl methyl sites for hydroxylation is 1. The van der Waals surface area contributed by atoms with Crippen molar-refractivity contribution in [3.05, 3.63) is 47.1 Å². The van der Waals surface area contributed by atoms with Crippen LogP contribution in [0.25, 0.3) is 0 Å². The maximum Gasteiger partial charge on any atom is 0.411 e. The molecule has 2 N–H and O–H groups in total.